The normalized spacial score (nSPS) is 13.2. The second kappa shape index (κ2) is 5.82. The van der Waals surface area contributed by atoms with E-state index in [4.69, 9.17) is 5.73 Å². The first-order valence-electron chi connectivity index (χ1n) is 6.06. The van der Waals surface area contributed by atoms with Crippen LogP contribution in [-0.2, 0) is 11.2 Å². The van der Waals surface area contributed by atoms with Crippen LogP contribution in [0.5, 0.6) is 0 Å². The fourth-order valence-electron chi connectivity index (χ4n) is 1.48. The number of hydrogen-bond acceptors (Lipinski definition) is 2. The van der Waals surface area contributed by atoms with Crippen LogP contribution in [0, 0.1) is 0 Å². The van der Waals surface area contributed by atoms with Gasteiger partial charge in [-0.15, -0.1) is 0 Å². The lowest BCUT2D eigenvalue weighted by atomic mass is 10.00. The number of benzene rings is 1. The number of carbonyl (C=O) groups excluding carboxylic acids is 1. The van der Waals surface area contributed by atoms with Crippen LogP contribution < -0.4 is 11.1 Å². The van der Waals surface area contributed by atoms with Gasteiger partial charge in [-0.2, -0.15) is 0 Å². The van der Waals surface area contributed by atoms with Gasteiger partial charge in [0.15, 0.2) is 0 Å². The molecule has 3 nitrogen and oxygen atoms in total. The van der Waals surface area contributed by atoms with Crippen LogP contribution in [-0.4, -0.2) is 17.5 Å². The summed E-state index contributed by atoms with van der Waals surface area (Å²) in [5.41, 5.74) is 6.80. The molecule has 0 saturated carbocycles. The average molecular weight is 234 g/mol. The molecule has 0 bridgehead atoms. The van der Waals surface area contributed by atoms with Crippen LogP contribution in [0.2, 0.25) is 0 Å². The number of hydrogen-bond donors (Lipinski definition) is 2. The highest BCUT2D eigenvalue weighted by atomic mass is 16.2. The van der Waals surface area contributed by atoms with Crippen molar-refractivity contribution in [3.63, 3.8) is 0 Å². The average Bonchev–Trinajstić information content (AvgIpc) is 2.30. The molecule has 3 N–H and O–H groups in total. The Morgan fingerprint density at radius 1 is 1.35 bits per heavy atom. The van der Waals surface area contributed by atoms with E-state index in [0.717, 1.165) is 12.0 Å². The molecule has 94 valence electrons. The van der Waals surface area contributed by atoms with Gasteiger partial charge in [-0.3, -0.25) is 4.79 Å². The highest BCUT2D eigenvalue weighted by Gasteiger charge is 2.22. The number of nitrogens with one attached hydrogen (secondary N) is 1. The fraction of sp³-hybridized carbons (Fsp3) is 0.500. The smallest absolute Gasteiger partial charge is 0.237 e. The SMILES string of the molecule is CCC(C)(C)NC(=O)[C@H](N)Cc1ccccc1. The lowest BCUT2D eigenvalue weighted by molar-refractivity contribution is -0.124. The van der Waals surface area contributed by atoms with Crippen molar-refractivity contribution < 1.29 is 4.79 Å². The number of amides is 1. The van der Waals surface area contributed by atoms with E-state index >= 15 is 0 Å². The monoisotopic (exact) mass is 234 g/mol. The molecule has 0 unspecified atom stereocenters. The van der Waals surface area contributed by atoms with Crippen molar-refractivity contribution in [1.29, 1.82) is 0 Å². The summed E-state index contributed by atoms with van der Waals surface area (Å²) in [4.78, 5) is 11.9. The molecule has 1 amide bonds. The van der Waals surface area contributed by atoms with Crippen molar-refractivity contribution in [1.82, 2.24) is 5.32 Å². The van der Waals surface area contributed by atoms with Crippen molar-refractivity contribution in [3.05, 3.63) is 35.9 Å². The molecular formula is C14H22N2O. The molecule has 1 aromatic carbocycles. The van der Waals surface area contributed by atoms with Gasteiger partial charge in [0.2, 0.25) is 5.91 Å². The Kier molecular flexibility index (Phi) is 4.70. The summed E-state index contributed by atoms with van der Waals surface area (Å²) in [6, 6.07) is 9.35. The second-order valence-electron chi connectivity index (χ2n) is 5.02. The number of rotatable bonds is 5. The van der Waals surface area contributed by atoms with Gasteiger partial charge in [-0.25, -0.2) is 0 Å². The highest BCUT2D eigenvalue weighted by molar-refractivity contribution is 5.82. The Hall–Kier alpha value is -1.35. The molecule has 0 aliphatic heterocycles. The largest absolute Gasteiger partial charge is 0.350 e. The van der Waals surface area contributed by atoms with E-state index < -0.39 is 6.04 Å². The van der Waals surface area contributed by atoms with Gasteiger partial charge in [0, 0.05) is 5.54 Å². The highest BCUT2D eigenvalue weighted by Crippen LogP contribution is 2.08. The predicted molar refractivity (Wildman–Crippen MR) is 70.6 cm³/mol. The summed E-state index contributed by atoms with van der Waals surface area (Å²) in [7, 11) is 0. The third-order valence-electron chi connectivity index (χ3n) is 2.98. The Morgan fingerprint density at radius 3 is 2.47 bits per heavy atom. The maximum absolute atomic E-state index is 11.9. The lowest BCUT2D eigenvalue weighted by Gasteiger charge is -2.26. The Balaban J connectivity index is 2.54. The quantitative estimate of drug-likeness (QED) is 0.817. The van der Waals surface area contributed by atoms with E-state index in [1.54, 1.807) is 0 Å². The zero-order valence-electron chi connectivity index (χ0n) is 10.9. The molecule has 17 heavy (non-hydrogen) atoms. The lowest BCUT2D eigenvalue weighted by Crippen LogP contribution is -2.50. The Labute approximate surface area is 103 Å². The molecule has 1 aromatic rings. The van der Waals surface area contributed by atoms with E-state index in [1.165, 1.54) is 0 Å². The minimum absolute atomic E-state index is 0.0827. The van der Waals surface area contributed by atoms with Gasteiger partial charge in [-0.1, -0.05) is 37.3 Å². The summed E-state index contributed by atoms with van der Waals surface area (Å²) in [6.45, 7) is 6.04. The van der Waals surface area contributed by atoms with Crippen LogP contribution in [0.25, 0.3) is 0 Å². The van der Waals surface area contributed by atoms with Crippen molar-refractivity contribution in [2.45, 2.75) is 45.2 Å². The minimum Gasteiger partial charge on any atom is -0.350 e. The van der Waals surface area contributed by atoms with Crippen molar-refractivity contribution in [3.8, 4) is 0 Å². The maximum atomic E-state index is 11.9. The molecule has 0 aliphatic carbocycles. The topological polar surface area (TPSA) is 55.1 Å². The minimum atomic E-state index is -0.483. The van der Waals surface area contributed by atoms with E-state index in [1.807, 2.05) is 51.1 Å². The Morgan fingerprint density at radius 2 is 1.94 bits per heavy atom. The molecule has 0 radical (unpaired) electrons. The number of carbonyl (C=O) groups is 1. The van der Waals surface area contributed by atoms with Gasteiger partial charge in [0.25, 0.3) is 0 Å². The van der Waals surface area contributed by atoms with Crippen LogP contribution in [0.3, 0.4) is 0 Å². The molecule has 1 atom stereocenters. The standard InChI is InChI=1S/C14H22N2O/c1-4-14(2,3)16-13(17)12(15)10-11-8-6-5-7-9-11/h5-9,12H,4,10,15H2,1-3H3,(H,16,17)/t12-/m1/s1. The van der Waals surface area contributed by atoms with Gasteiger partial charge in [-0.05, 0) is 32.3 Å². The van der Waals surface area contributed by atoms with Crippen molar-refractivity contribution in [2.24, 2.45) is 5.73 Å². The summed E-state index contributed by atoms with van der Waals surface area (Å²) in [5.74, 6) is -0.0827. The molecule has 0 spiro atoms. The zero-order chi connectivity index (χ0) is 12.9. The predicted octanol–water partition coefficient (Wildman–Crippen LogP) is 1.86. The molecule has 1 rings (SSSR count). The van der Waals surface area contributed by atoms with E-state index in [-0.39, 0.29) is 11.4 Å². The van der Waals surface area contributed by atoms with E-state index in [9.17, 15) is 4.79 Å². The first kappa shape index (κ1) is 13.7. The first-order valence-corrected chi connectivity index (χ1v) is 6.06. The summed E-state index contributed by atoms with van der Waals surface area (Å²) in [5, 5.41) is 2.96. The molecule has 0 heterocycles. The zero-order valence-corrected chi connectivity index (χ0v) is 10.9. The van der Waals surface area contributed by atoms with Gasteiger partial charge in [0.1, 0.15) is 0 Å². The Bertz CT molecular complexity index is 360. The second-order valence-corrected chi connectivity index (χ2v) is 5.02. The van der Waals surface area contributed by atoms with Crippen LogP contribution >= 0.6 is 0 Å². The maximum Gasteiger partial charge on any atom is 0.237 e. The van der Waals surface area contributed by atoms with Crippen LogP contribution in [0.15, 0.2) is 30.3 Å². The molecule has 0 aliphatic rings. The van der Waals surface area contributed by atoms with Crippen LogP contribution in [0.1, 0.15) is 32.8 Å². The van der Waals surface area contributed by atoms with Gasteiger partial charge in [0.05, 0.1) is 6.04 Å². The first-order chi connectivity index (χ1) is 7.94. The van der Waals surface area contributed by atoms with Gasteiger partial charge < -0.3 is 11.1 Å². The molecular weight excluding hydrogens is 212 g/mol. The summed E-state index contributed by atoms with van der Waals surface area (Å²) in [6.07, 6.45) is 1.46. The van der Waals surface area contributed by atoms with E-state index in [0.29, 0.717) is 6.42 Å². The molecule has 0 saturated heterocycles. The molecule has 0 fully saturated rings. The third kappa shape index (κ3) is 4.57. The fourth-order valence-corrected chi connectivity index (χ4v) is 1.48. The van der Waals surface area contributed by atoms with Crippen molar-refractivity contribution in [2.75, 3.05) is 0 Å². The van der Waals surface area contributed by atoms with Crippen molar-refractivity contribution >= 4 is 5.91 Å². The third-order valence-corrected chi connectivity index (χ3v) is 2.98. The summed E-state index contributed by atoms with van der Waals surface area (Å²) >= 11 is 0. The molecule has 3 heteroatoms. The van der Waals surface area contributed by atoms with Crippen LogP contribution in [0.4, 0.5) is 0 Å². The number of nitrogens with two attached hydrogens (primary N) is 1. The molecule has 0 aromatic heterocycles. The van der Waals surface area contributed by atoms with Gasteiger partial charge >= 0.3 is 0 Å². The summed E-state index contributed by atoms with van der Waals surface area (Å²) < 4.78 is 0. The van der Waals surface area contributed by atoms with E-state index in [2.05, 4.69) is 5.32 Å².